The van der Waals surface area contributed by atoms with Gasteiger partial charge in [0.2, 0.25) is 11.8 Å². The van der Waals surface area contributed by atoms with Crippen LogP contribution in [0.15, 0.2) is 30.3 Å². The zero-order valence-corrected chi connectivity index (χ0v) is 14.0. The Bertz CT molecular complexity index is 518. The normalized spacial score (nSPS) is 18.6. The molecule has 5 heteroatoms. The van der Waals surface area contributed by atoms with Crippen molar-refractivity contribution in [3.05, 3.63) is 35.9 Å². The van der Waals surface area contributed by atoms with Crippen LogP contribution >= 0.6 is 0 Å². The van der Waals surface area contributed by atoms with E-state index >= 15 is 0 Å². The standard InChI is InChI=1S/C18H26N2O3/c1-3-10-19-13-17(21)20(15(2)18(19)22)11-7-12-23-14-16-8-5-4-6-9-16/h4-6,8-9,15H,3,7,10-14H2,1-2H3/t15-/m0/s1. The summed E-state index contributed by atoms with van der Waals surface area (Å²) in [6, 6.07) is 9.64. The van der Waals surface area contributed by atoms with Gasteiger partial charge >= 0.3 is 0 Å². The molecule has 2 amide bonds. The molecule has 1 atom stereocenters. The van der Waals surface area contributed by atoms with Crippen LogP contribution in [-0.4, -0.2) is 53.9 Å². The predicted molar refractivity (Wildman–Crippen MR) is 88.8 cm³/mol. The van der Waals surface area contributed by atoms with Crippen molar-refractivity contribution in [3.8, 4) is 0 Å². The molecule has 0 saturated carbocycles. The third-order valence-corrected chi connectivity index (χ3v) is 4.08. The van der Waals surface area contributed by atoms with Crippen molar-refractivity contribution >= 4 is 11.8 Å². The molecule has 5 nitrogen and oxygen atoms in total. The molecular formula is C18H26N2O3. The smallest absolute Gasteiger partial charge is 0.245 e. The van der Waals surface area contributed by atoms with Gasteiger partial charge in [0.05, 0.1) is 13.2 Å². The first-order valence-electron chi connectivity index (χ1n) is 8.33. The first-order valence-corrected chi connectivity index (χ1v) is 8.33. The van der Waals surface area contributed by atoms with Crippen LogP contribution in [0.25, 0.3) is 0 Å². The lowest BCUT2D eigenvalue weighted by Crippen LogP contribution is -2.59. The molecule has 1 aromatic rings. The highest BCUT2D eigenvalue weighted by atomic mass is 16.5. The Kier molecular flexibility index (Phi) is 6.59. The third kappa shape index (κ3) is 4.79. The molecule has 1 aliphatic rings. The summed E-state index contributed by atoms with van der Waals surface area (Å²) in [7, 11) is 0. The lowest BCUT2D eigenvalue weighted by Gasteiger charge is -2.38. The summed E-state index contributed by atoms with van der Waals surface area (Å²) in [5.41, 5.74) is 1.14. The summed E-state index contributed by atoms with van der Waals surface area (Å²) in [4.78, 5) is 27.8. The number of hydrogen-bond donors (Lipinski definition) is 0. The van der Waals surface area contributed by atoms with E-state index in [4.69, 9.17) is 4.74 Å². The van der Waals surface area contributed by atoms with Crippen LogP contribution in [-0.2, 0) is 20.9 Å². The third-order valence-electron chi connectivity index (χ3n) is 4.08. The number of rotatable bonds is 8. The molecule has 0 spiro atoms. The molecule has 1 heterocycles. The number of hydrogen-bond acceptors (Lipinski definition) is 3. The van der Waals surface area contributed by atoms with E-state index in [1.54, 1.807) is 9.80 Å². The number of carbonyl (C=O) groups excluding carboxylic acids is 2. The molecule has 1 fully saturated rings. The van der Waals surface area contributed by atoms with Crippen molar-refractivity contribution in [2.45, 2.75) is 39.3 Å². The fourth-order valence-electron chi connectivity index (χ4n) is 2.82. The second-order valence-electron chi connectivity index (χ2n) is 5.91. The minimum absolute atomic E-state index is 0.0357. The van der Waals surface area contributed by atoms with Crippen LogP contribution in [0.5, 0.6) is 0 Å². The Morgan fingerprint density at radius 2 is 1.91 bits per heavy atom. The van der Waals surface area contributed by atoms with Gasteiger partial charge in [0.15, 0.2) is 0 Å². The summed E-state index contributed by atoms with van der Waals surface area (Å²) < 4.78 is 5.63. The lowest BCUT2D eigenvalue weighted by molar-refractivity contribution is -0.155. The van der Waals surface area contributed by atoms with Crippen LogP contribution in [0, 0.1) is 0 Å². The molecule has 0 aliphatic carbocycles. The largest absolute Gasteiger partial charge is 0.377 e. The monoisotopic (exact) mass is 318 g/mol. The van der Waals surface area contributed by atoms with Gasteiger partial charge in [0.25, 0.3) is 0 Å². The Labute approximate surface area is 138 Å². The minimum Gasteiger partial charge on any atom is -0.377 e. The Morgan fingerprint density at radius 3 is 2.61 bits per heavy atom. The number of piperazine rings is 1. The first kappa shape index (κ1) is 17.5. The fourth-order valence-corrected chi connectivity index (χ4v) is 2.82. The van der Waals surface area contributed by atoms with Gasteiger partial charge in [0, 0.05) is 19.7 Å². The van der Waals surface area contributed by atoms with Crippen molar-refractivity contribution in [3.63, 3.8) is 0 Å². The number of amides is 2. The van der Waals surface area contributed by atoms with Gasteiger partial charge in [-0.15, -0.1) is 0 Å². The molecule has 23 heavy (non-hydrogen) atoms. The molecule has 1 aromatic carbocycles. The van der Waals surface area contributed by atoms with E-state index in [-0.39, 0.29) is 24.4 Å². The highest BCUT2D eigenvalue weighted by Gasteiger charge is 2.35. The second kappa shape index (κ2) is 8.67. The van der Waals surface area contributed by atoms with Crippen molar-refractivity contribution in [2.75, 3.05) is 26.2 Å². The van der Waals surface area contributed by atoms with E-state index in [1.165, 1.54) is 0 Å². The molecule has 0 N–H and O–H groups in total. The van der Waals surface area contributed by atoms with Gasteiger partial charge in [-0.25, -0.2) is 0 Å². The van der Waals surface area contributed by atoms with Crippen LogP contribution in [0.4, 0.5) is 0 Å². The number of nitrogens with zero attached hydrogens (tertiary/aromatic N) is 2. The number of benzene rings is 1. The van der Waals surface area contributed by atoms with Crippen molar-refractivity contribution in [2.24, 2.45) is 0 Å². The van der Waals surface area contributed by atoms with Crippen molar-refractivity contribution in [1.82, 2.24) is 9.80 Å². The second-order valence-corrected chi connectivity index (χ2v) is 5.91. The van der Waals surface area contributed by atoms with Crippen LogP contribution < -0.4 is 0 Å². The molecule has 126 valence electrons. The van der Waals surface area contributed by atoms with Crippen LogP contribution in [0.2, 0.25) is 0 Å². The summed E-state index contributed by atoms with van der Waals surface area (Å²) in [5, 5.41) is 0. The SMILES string of the molecule is CCCN1CC(=O)N(CCCOCc2ccccc2)[C@@H](C)C1=O. The summed E-state index contributed by atoms with van der Waals surface area (Å²) in [6.07, 6.45) is 1.61. The topological polar surface area (TPSA) is 49.9 Å². The maximum atomic E-state index is 12.2. The van der Waals surface area contributed by atoms with Crippen LogP contribution in [0.3, 0.4) is 0 Å². The molecule has 2 rings (SSSR count). The van der Waals surface area contributed by atoms with E-state index in [2.05, 4.69) is 0 Å². The van der Waals surface area contributed by atoms with E-state index in [9.17, 15) is 9.59 Å². The van der Waals surface area contributed by atoms with E-state index in [1.807, 2.05) is 44.2 Å². The molecule has 1 saturated heterocycles. The molecule has 0 aromatic heterocycles. The zero-order valence-electron chi connectivity index (χ0n) is 14.0. The highest BCUT2D eigenvalue weighted by Crippen LogP contribution is 2.13. The molecule has 0 unspecified atom stereocenters. The van der Waals surface area contributed by atoms with Gasteiger partial charge in [-0.05, 0) is 25.3 Å². The first-order chi connectivity index (χ1) is 11.1. The summed E-state index contributed by atoms with van der Waals surface area (Å²) in [6.45, 7) is 6.42. The quantitative estimate of drug-likeness (QED) is 0.689. The Morgan fingerprint density at radius 1 is 1.17 bits per heavy atom. The Hall–Kier alpha value is -1.88. The summed E-state index contributed by atoms with van der Waals surface area (Å²) >= 11 is 0. The van der Waals surface area contributed by atoms with Gasteiger partial charge in [-0.1, -0.05) is 37.3 Å². The van der Waals surface area contributed by atoms with Gasteiger partial charge in [0.1, 0.15) is 6.04 Å². The molecular weight excluding hydrogens is 292 g/mol. The minimum atomic E-state index is -0.364. The lowest BCUT2D eigenvalue weighted by atomic mass is 10.1. The fraction of sp³-hybridized carbons (Fsp3) is 0.556. The maximum Gasteiger partial charge on any atom is 0.245 e. The van der Waals surface area contributed by atoms with Crippen molar-refractivity contribution in [1.29, 1.82) is 0 Å². The zero-order chi connectivity index (χ0) is 16.7. The summed E-state index contributed by atoms with van der Waals surface area (Å²) in [5.74, 6) is 0.0882. The molecule has 0 radical (unpaired) electrons. The number of ether oxygens (including phenoxy) is 1. The van der Waals surface area contributed by atoms with Crippen molar-refractivity contribution < 1.29 is 14.3 Å². The van der Waals surface area contributed by atoms with Crippen LogP contribution in [0.1, 0.15) is 32.3 Å². The van der Waals surface area contributed by atoms with Gasteiger partial charge in [-0.3, -0.25) is 9.59 Å². The molecule has 1 aliphatic heterocycles. The van der Waals surface area contributed by atoms with Gasteiger partial charge in [-0.2, -0.15) is 0 Å². The molecule has 0 bridgehead atoms. The van der Waals surface area contributed by atoms with E-state index < -0.39 is 0 Å². The maximum absolute atomic E-state index is 12.2. The predicted octanol–water partition coefficient (Wildman–Crippen LogP) is 2.06. The van der Waals surface area contributed by atoms with E-state index in [0.29, 0.717) is 26.3 Å². The average Bonchev–Trinajstić information content (AvgIpc) is 2.56. The van der Waals surface area contributed by atoms with Gasteiger partial charge < -0.3 is 14.5 Å². The van der Waals surface area contributed by atoms with E-state index in [0.717, 1.165) is 18.4 Å². The Balaban J connectivity index is 1.72. The number of carbonyl (C=O) groups is 2. The highest BCUT2D eigenvalue weighted by molar-refractivity contribution is 5.94. The average molecular weight is 318 g/mol.